The molecule has 0 aromatic heterocycles. The topological polar surface area (TPSA) is 133 Å². The number of anilines is 1. The largest absolute Gasteiger partial charge is 0.391 e. The van der Waals surface area contributed by atoms with Gasteiger partial charge in [0.2, 0.25) is 21.8 Å². The van der Waals surface area contributed by atoms with Gasteiger partial charge in [-0.25, -0.2) is 12.8 Å². The van der Waals surface area contributed by atoms with Crippen molar-refractivity contribution < 1.29 is 32.3 Å². The quantitative estimate of drug-likeness (QED) is 0.460. The predicted octanol–water partition coefficient (Wildman–Crippen LogP) is 3.05. The van der Waals surface area contributed by atoms with Crippen molar-refractivity contribution in [3.63, 3.8) is 0 Å². The molecule has 2 aliphatic carbocycles. The van der Waals surface area contributed by atoms with E-state index in [9.17, 15) is 32.3 Å². The van der Waals surface area contributed by atoms with Gasteiger partial charge in [-0.3, -0.25) is 19.1 Å². The molecule has 1 saturated heterocycles. The summed E-state index contributed by atoms with van der Waals surface area (Å²) in [6.07, 6.45) is 7.80. The second-order valence-electron chi connectivity index (χ2n) is 12.2. The minimum absolute atomic E-state index is 0.0220. The van der Waals surface area contributed by atoms with E-state index in [-0.39, 0.29) is 37.0 Å². The Morgan fingerprint density at radius 1 is 1.18 bits per heavy atom. The van der Waals surface area contributed by atoms with Crippen molar-refractivity contribution in [3.05, 3.63) is 42.2 Å². The van der Waals surface area contributed by atoms with Crippen molar-refractivity contribution in [2.75, 3.05) is 11.9 Å². The molecule has 0 radical (unpaired) electrons. The Balaban J connectivity index is 1.40. The van der Waals surface area contributed by atoms with Gasteiger partial charge >= 0.3 is 0 Å². The van der Waals surface area contributed by atoms with Gasteiger partial charge in [-0.05, 0) is 69.6 Å². The lowest BCUT2D eigenvalue weighted by Crippen LogP contribution is -2.49. The van der Waals surface area contributed by atoms with Crippen molar-refractivity contribution in [1.29, 1.82) is 0 Å². The number of carbonyl (C=O) groups excluding carboxylic acids is 3. The molecule has 2 amide bonds. The highest BCUT2D eigenvalue weighted by Crippen LogP contribution is 2.57. The standard InChI is InChI=1S/C29H38FN3O6S/c1-28(12-13-28)40(38,39)32-27(37)29-16-19(29)8-5-3-2-4-6-11-23(31-21-10-7-9-20(30)14-21)26(36)33-18-22(34)15-24(33)25(35)17-29/h5,7-10,14,19,22-24,31,34H,2-4,6,11-13,15-18H2,1H3,(H,32,37)/b8-5-/t19-,22-,23+,24+,29-/m1/s1. The number of aliphatic hydroxyl groups is 1. The number of halogens is 1. The van der Waals surface area contributed by atoms with E-state index in [1.807, 2.05) is 12.2 Å². The second-order valence-corrected chi connectivity index (χ2v) is 14.4. The van der Waals surface area contributed by atoms with E-state index in [2.05, 4.69) is 10.0 Å². The molecule has 4 aliphatic rings. The molecule has 5 rings (SSSR count). The zero-order valence-corrected chi connectivity index (χ0v) is 23.6. The summed E-state index contributed by atoms with van der Waals surface area (Å²) in [7, 11) is -3.88. The van der Waals surface area contributed by atoms with Crippen LogP contribution in [0, 0.1) is 17.2 Å². The van der Waals surface area contributed by atoms with E-state index in [0.29, 0.717) is 31.4 Å². The third kappa shape index (κ3) is 5.81. The van der Waals surface area contributed by atoms with Crippen molar-refractivity contribution in [2.24, 2.45) is 11.3 Å². The average molecular weight is 576 g/mol. The van der Waals surface area contributed by atoms with Gasteiger partial charge in [-0.2, -0.15) is 0 Å². The summed E-state index contributed by atoms with van der Waals surface area (Å²) in [5.74, 6) is -2.12. The number of fused-ring (bicyclic) bond motifs is 2. The summed E-state index contributed by atoms with van der Waals surface area (Å²) >= 11 is 0. The normalized spacial score (nSPS) is 33.1. The van der Waals surface area contributed by atoms with Gasteiger partial charge in [0.05, 0.1) is 22.3 Å². The molecule has 2 saturated carbocycles. The minimum atomic E-state index is -3.88. The average Bonchev–Trinajstić information content (AvgIpc) is 3.77. The fraction of sp³-hybridized carbons (Fsp3) is 0.621. The van der Waals surface area contributed by atoms with Gasteiger partial charge in [0, 0.05) is 25.1 Å². The van der Waals surface area contributed by atoms with Crippen LogP contribution in [0.3, 0.4) is 0 Å². The molecule has 3 N–H and O–H groups in total. The zero-order chi connectivity index (χ0) is 28.7. The molecular formula is C29H38FN3O6S. The SMILES string of the molecule is CC1(S(=O)(=O)NC(=O)[C@]23CC(=O)[C@@H]4C[C@@H](O)CN4C(=O)[C@@H](Nc4cccc(F)c4)CCCCC/C=C\[C@@H]2C3)CC1. The first-order valence-corrected chi connectivity index (χ1v) is 15.7. The maximum atomic E-state index is 13.8. The maximum Gasteiger partial charge on any atom is 0.245 e. The smallest absolute Gasteiger partial charge is 0.245 e. The van der Waals surface area contributed by atoms with Gasteiger partial charge < -0.3 is 15.3 Å². The lowest BCUT2D eigenvalue weighted by Gasteiger charge is -2.30. The van der Waals surface area contributed by atoms with Crippen LogP contribution in [0.4, 0.5) is 10.1 Å². The van der Waals surface area contributed by atoms with Crippen molar-refractivity contribution in [1.82, 2.24) is 9.62 Å². The molecular weight excluding hydrogens is 537 g/mol. The molecule has 5 atom stereocenters. The van der Waals surface area contributed by atoms with Gasteiger partial charge in [-0.15, -0.1) is 0 Å². The van der Waals surface area contributed by atoms with Crippen LogP contribution in [0.2, 0.25) is 0 Å². The van der Waals surface area contributed by atoms with Crippen LogP contribution >= 0.6 is 0 Å². The molecule has 11 heteroatoms. The second kappa shape index (κ2) is 10.9. The fourth-order valence-electron chi connectivity index (χ4n) is 6.00. The zero-order valence-electron chi connectivity index (χ0n) is 22.8. The fourth-order valence-corrected chi connectivity index (χ4v) is 7.33. The number of hydrogen-bond donors (Lipinski definition) is 3. The van der Waals surface area contributed by atoms with Gasteiger partial charge in [-0.1, -0.05) is 31.1 Å². The Morgan fingerprint density at radius 2 is 1.95 bits per heavy atom. The Labute approximate surface area is 234 Å². The lowest BCUT2D eigenvalue weighted by molar-refractivity contribution is -0.139. The van der Waals surface area contributed by atoms with E-state index in [0.717, 1.165) is 25.7 Å². The molecule has 0 spiro atoms. The number of carbonyl (C=O) groups is 3. The van der Waals surface area contributed by atoms with Crippen LogP contribution in [-0.2, 0) is 24.4 Å². The van der Waals surface area contributed by atoms with Crippen molar-refractivity contribution in [3.8, 4) is 0 Å². The molecule has 1 aromatic carbocycles. The number of hydrogen-bond acceptors (Lipinski definition) is 7. The minimum Gasteiger partial charge on any atom is -0.391 e. The van der Waals surface area contributed by atoms with Crippen LogP contribution < -0.4 is 10.0 Å². The number of nitrogens with zero attached hydrogens (tertiary/aromatic N) is 1. The predicted molar refractivity (Wildman–Crippen MR) is 147 cm³/mol. The molecule has 0 unspecified atom stereocenters. The number of aliphatic hydroxyl groups excluding tert-OH is 1. The number of rotatable bonds is 5. The molecule has 1 aromatic rings. The number of benzene rings is 1. The van der Waals surface area contributed by atoms with E-state index >= 15 is 0 Å². The van der Waals surface area contributed by atoms with E-state index in [1.54, 1.807) is 19.1 Å². The summed E-state index contributed by atoms with van der Waals surface area (Å²) in [6.45, 7) is 1.58. The molecule has 218 valence electrons. The Bertz CT molecular complexity index is 1310. The van der Waals surface area contributed by atoms with Crippen LogP contribution in [0.15, 0.2) is 36.4 Å². The highest BCUT2D eigenvalue weighted by molar-refractivity contribution is 7.91. The van der Waals surface area contributed by atoms with Crippen LogP contribution in [0.1, 0.15) is 71.1 Å². The van der Waals surface area contributed by atoms with Crippen LogP contribution in [0.25, 0.3) is 0 Å². The lowest BCUT2D eigenvalue weighted by atomic mass is 9.91. The Kier molecular flexibility index (Phi) is 7.82. The third-order valence-electron chi connectivity index (χ3n) is 9.03. The first kappa shape index (κ1) is 28.7. The van der Waals surface area contributed by atoms with Crippen molar-refractivity contribution >= 4 is 33.3 Å². The van der Waals surface area contributed by atoms with E-state index in [4.69, 9.17) is 0 Å². The molecule has 3 fully saturated rings. The third-order valence-corrected chi connectivity index (χ3v) is 11.2. The van der Waals surface area contributed by atoms with Gasteiger partial charge in [0.15, 0.2) is 5.78 Å². The van der Waals surface area contributed by atoms with E-state index in [1.165, 1.54) is 17.0 Å². The molecule has 0 bridgehead atoms. The molecule has 2 aliphatic heterocycles. The number of sulfonamides is 1. The van der Waals surface area contributed by atoms with Crippen molar-refractivity contribution in [2.45, 2.75) is 94.1 Å². The first-order valence-electron chi connectivity index (χ1n) is 14.2. The maximum absolute atomic E-state index is 13.8. The van der Waals surface area contributed by atoms with Gasteiger partial charge in [0.1, 0.15) is 11.9 Å². The summed E-state index contributed by atoms with van der Waals surface area (Å²) < 4.78 is 40.8. The summed E-state index contributed by atoms with van der Waals surface area (Å²) in [6, 6.07) is 4.18. The number of allylic oxidation sites excluding steroid dienone is 2. The molecule has 40 heavy (non-hydrogen) atoms. The highest BCUT2D eigenvalue weighted by atomic mass is 32.2. The number of Topliss-reactive ketones (excluding diaryl/α,β-unsaturated/α-hetero) is 1. The monoisotopic (exact) mass is 575 g/mol. The van der Waals surface area contributed by atoms with Crippen LogP contribution in [-0.4, -0.2) is 65.5 Å². The van der Waals surface area contributed by atoms with Gasteiger partial charge in [0.25, 0.3) is 0 Å². The van der Waals surface area contributed by atoms with E-state index < -0.39 is 50.1 Å². The summed E-state index contributed by atoms with van der Waals surface area (Å²) in [4.78, 5) is 42.3. The number of amides is 2. The number of ketones is 1. The number of nitrogens with one attached hydrogen (secondary N) is 2. The van der Waals surface area contributed by atoms with Crippen LogP contribution in [0.5, 0.6) is 0 Å². The Hall–Kier alpha value is -2.79. The Morgan fingerprint density at radius 3 is 2.67 bits per heavy atom. The summed E-state index contributed by atoms with van der Waals surface area (Å²) in [5, 5.41) is 13.6. The summed E-state index contributed by atoms with van der Waals surface area (Å²) in [5.41, 5.74) is -0.753. The highest BCUT2D eigenvalue weighted by Gasteiger charge is 2.62. The first-order chi connectivity index (χ1) is 18.9. The molecule has 2 heterocycles. The molecule has 9 nitrogen and oxygen atoms in total.